The Hall–Kier alpha value is -2.48. The third kappa shape index (κ3) is 2.86. The normalized spacial score (nSPS) is 20.8. The molecule has 1 aliphatic rings. The Kier molecular flexibility index (Phi) is 4.12. The topological polar surface area (TPSA) is 72.6 Å². The molecule has 0 N–H and O–H groups in total. The highest BCUT2D eigenvalue weighted by molar-refractivity contribution is 7.08. The molecule has 25 heavy (non-hydrogen) atoms. The number of piperidine rings is 1. The molecule has 130 valence electrons. The van der Waals surface area contributed by atoms with E-state index in [0.717, 1.165) is 42.4 Å². The maximum absolute atomic E-state index is 11.9. The summed E-state index contributed by atoms with van der Waals surface area (Å²) in [6.45, 7) is 3.63. The van der Waals surface area contributed by atoms with Crippen molar-refractivity contribution in [2.45, 2.75) is 13.3 Å². The van der Waals surface area contributed by atoms with Crippen LogP contribution in [-0.4, -0.2) is 46.0 Å². The number of carbonyl (C=O) groups excluding carboxylic acids is 1. The number of thiophene rings is 1. The Labute approximate surface area is 149 Å². The van der Waals surface area contributed by atoms with Gasteiger partial charge in [-0.15, -0.1) is 15.3 Å². The average molecular weight is 357 g/mol. The molecule has 1 aliphatic heterocycles. The Bertz CT molecular complexity index is 892. The standard InChI is InChI=1S/C17H19N5O2S/c1-11-9-21(7-5-13(11)17(23)24-2)15-4-3-14-18-19-16(22(14)20-15)12-6-8-25-10-12/h3-4,6,8,10-11,13H,5,7,9H2,1-2H3. The van der Waals surface area contributed by atoms with Gasteiger partial charge in [-0.25, -0.2) is 0 Å². The molecule has 0 bridgehead atoms. The lowest BCUT2D eigenvalue weighted by molar-refractivity contribution is -0.147. The van der Waals surface area contributed by atoms with Crippen LogP contribution in [0.1, 0.15) is 13.3 Å². The van der Waals surface area contributed by atoms with Crippen LogP contribution in [0.4, 0.5) is 5.82 Å². The highest BCUT2D eigenvalue weighted by atomic mass is 32.1. The molecule has 0 aromatic carbocycles. The van der Waals surface area contributed by atoms with Crippen molar-refractivity contribution in [2.75, 3.05) is 25.1 Å². The number of hydrogen-bond acceptors (Lipinski definition) is 7. The van der Waals surface area contributed by atoms with Crippen LogP contribution in [0, 0.1) is 11.8 Å². The van der Waals surface area contributed by atoms with Crippen LogP contribution in [0.5, 0.6) is 0 Å². The summed E-state index contributed by atoms with van der Waals surface area (Å²) < 4.78 is 6.70. The lowest BCUT2D eigenvalue weighted by Crippen LogP contribution is -2.43. The van der Waals surface area contributed by atoms with Gasteiger partial charge in [0.25, 0.3) is 0 Å². The number of hydrogen-bond donors (Lipinski definition) is 0. The van der Waals surface area contributed by atoms with Crippen molar-refractivity contribution in [2.24, 2.45) is 11.8 Å². The minimum atomic E-state index is -0.117. The summed E-state index contributed by atoms with van der Waals surface area (Å²) in [5.74, 6) is 1.68. The molecule has 2 unspecified atom stereocenters. The van der Waals surface area contributed by atoms with E-state index >= 15 is 0 Å². The number of anilines is 1. The third-order valence-electron chi connectivity index (χ3n) is 4.76. The van der Waals surface area contributed by atoms with E-state index in [1.54, 1.807) is 15.9 Å². The summed E-state index contributed by atoms with van der Waals surface area (Å²) >= 11 is 1.62. The van der Waals surface area contributed by atoms with Gasteiger partial charge < -0.3 is 9.64 Å². The molecule has 8 heteroatoms. The number of carbonyl (C=O) groups is 1. The fourth-order valence-electron chi connectivity index (χ4n) is 3.37. The number of nitrogens with zero attached hydrogens (tertiary/aromatic N) is 5. The van der Waals surface area contributed by atoms with E-state index in [0.29, 0.717) is 0 Å². The van der Waals surface area contributed by atoms with E-state index in [2.05, 4.69) is 22.0 Å². The van der Waals surface area contributed by atoms with Crippen molar-refractivity contribution in [3.63, 3.8) is 0 Å². The van der Waals surface area contributed by atoms with Crippen molar-refractivity contribution in [1.29, 1.82) is 0 Å². The number of methoxy groups -OCH3 is 1. The number of fused-ring (bicyclic) bond motifs is 1. The molecule has 2 atom stereocenters. The van der Waals surface area contributed by atoms with E-state index < -0.39 is 0 Å². The Morgan fingerprint density at radius 1 is 1.32 bits per heavy atom. The van der Waals surface area contributed by atoms with E-state index in [4.69, 9.17) is 9.84 Å². The summed E-state index contributed by atoms with van der Waals surface area (Å²) in [6, 6.07) is 5.91. The highest BCUT2D eigenvalue weighted by Gasteiger charge is 2.32. The summed E-state index contributed by atoms with van der Waals surface area (Å²) in [5.41, 5.74) is 1.74. The summed E-state index contributed by atoms with van der Waals surface area (Å²) in [7, 11) is 1.45. The van der Waals surface area contributed by atoms with Crippen molar-refractivity contribution in [1.82, 2.24) is 19.8 Å². The Morgan fingerprint density at radius 2 is 2.20 bits per heavy atom. The molecule has 0 saturated carbocycles. The molecule has 3 aromatic heterocycles. The summed E-state index contributed by atoms with van der Waals surface area (Å²) in [4.78, 5) is 14.1. The molecule has 4 heterocycles. The molecular formula is C17H19N5O2S. The third-order valence-corrected chi connectivity index (χ3v) is 5.44. The molecule has 3 aromatic rings. The number of rotatable bonds is 3. The predicted octanol–water partition coefficient (Wildman–Crippen LogP) is 2.49. The molecule has 1 fully saturated rings. The van der Waals surface area contributed by atoms with Gasteiger partial charge in [-0.05, 0) is 35.9 Å². The molecule has 7 nitrogen and oxygen atoms in total. The largest absolute Gasteiger partial charge is 0.469 e. The monoisotopic (exact) mass is 357 g/mol. The van der Waals surface area contributed by atoms with E-state index in [1.807, 2.05) is 29.0 Å². The van der Waals surface area contributed by atoms with Gasteiger partial charge in [0, 0.05) is 24.0 Å². The zero-order valence-electron chi connectivity index (χ0n) is 14.1. The minimum Gasteiger partial charge on any atom is -0.469 e. The molecule has 0 spiro atoms. The fraction of sp³-hybridized carbons (Fsp3) is 0.412. The highest BCUT2D eigenvalue weighted by Crippen LogP contribution is 2.28. The van der Waals surface area contributed by atoms with E-state index in [9.17, 15) is 4.79 Å². The Balaban J connectivity index is 1.62. The van der Waals surface area contributed by atoms with Gasteiger partial charge in [-0.2, -0.15) is 15.9 Å². The summed E-state index contributed by atoms with van der Waals surface area (Å²) in [5, 5.41) is 17.3. The fourth-order valence-corrected chi connectivity index (χ4v) is 4.01. The first-order valence-corrected chi connectivity index (χ1v) is 9.19. The van der Waals surface area contributed by atoms with Crippen LogP contribution in [0.3, 0.4) is 0 Å². The Morgan fingerprint density at radius 3 is 2.92 bits per heavy atom. The molecule has 1 saturated heterocycles. The molecule has 0 amide bonds. The van der Waals surface area contributed by atoms with Gasteiger partial charge in [0.15, 0.2) is 11.5 Å². The maximum Gasteiger partial charge on any atom is 0.309 e. The van der Waals surface area contributed by atoms with Gasteiger partial charge >= 0.3 is 5.97 Å². The van der Waals surface area contributed by atoms with Crippen LogP contribution in [0.15, 0.2) is 29.0 Å². The smallest absolute Gasteiger partial charge is 0.309 e. The van der Waals surface area contributed by atoms with Crippen LogP contribution < -0.4 is 4.90 Å². The lowest BCUT2D eigenvalue weighted by atomic mass is 9.87. The summed E-state index contributed by atoms with van der Waals surface area (Å²) in [6.07, 6.45) is 0.771. The number of esters is 1. The van der Waals surface area contributed by atoms with Crippen molar-refractivity contribution in [3.8, 4) is 11.4 Å². The molecule has 0 radical (unpaired) electrons. The van der Waals surface area contributed by atoms with Gasteiger partial charge in [-0.1, -0.05) is 6.92 Å². The first-order chi connectivity index (χ1) is 12.2. The van der Waals surface area contributed by atoms with E-state index in [-0.39, 0.29) is 17.8 Å². The van der Waals surface area contributed by atoms with Gasteiger partial charge in [0.2, 0.25) is 0 Å². The molecule has 0 aliphatic carbocycles. The SMILES string of the molecule is COC(=O)C1CCN(c2ccc3nnc(-c4ccsc4)n3n2)CC1C. The van der Waals surface area contributed by atoms with Crippen LogP contribution >= 0.6 is 11.3 Å². The molecule has 4 rings (SSSR count). The zero-order chi connectivity index (χ0) is 17.4. The second-order valence-electron chi connectivity index (χ2n) is 6.34. The zero-order valence-corrected chi connectivity index (χ0v) is 14.9. The van der Waals surface area contributed by atoms with Crippen LogP contribution in [-0.2, 0) is 9.53 Å². The predicted molar refractivity (Wildman–Crippen MR) is 95.6 cm³/mol. The number of aromatic nitrogens is 4. The van der Waals surface area contributed by atoms with Gasteiger partial charge in [0.05, 0.1) is 13.0 Å². The van der Waals surface area contributed by atoms with E-state index in [1.165, 1.54) is 7.11 Å². The second-order valence-corrected chi connectivity index (χ2v) is 7.12. The van der Waals surface area contributed by atoms with Gasteiger partial charge in [-0.3, -0.25) is 4.79 Å². The lowest BCUT2D eigenvalue weighted by Gasteiger charge is -2.36. The minimum absolute atomic E-state index is 0.0405. The molecular weight excluding hydrogens is 338 g/mol. The van der Waals surface area contributed by atoms with Crippen molar-refractivity contribution < 1.29 is 9.53 Å². The first-order valence-electron chi connectivity index (χ1n) is 8.25. The quantitative estimate of drug-likeness (QED) is 0.671. The number of ether oxygens (including phenoxy) is 1. The van der Waals surface area contributed by atoms with Crippen LogP contribution in [0.25, 0.3) is 17.0 Å². The maximum atomic E-state index is 11.9. The van der Waals surface area contributed by atoms with Gasteiger partial charge in [0.1, 0.15) is 5.82 Å². The average Bonchev–Trinajstić information content (AvgIpc) is 3.29. The van der Waals surface area contributed by atoms with Crippen molar-refractivity contribution >= 4 is 28.8 Å². The second kappa shape index (κ2) is 6.44. The van der Waals surface area contributed by atoms with Crippen molar-refractivity contribution in [3.05, 3.63) is 29.0 Å². The first kappa shape index (κ1) is 16.0. The van der Waals surface area contributed by atoms with Crippen LogP contribution in [0.2, 0.25) is 0 Å².